The third-order valence-corrected chi connectivity index (χ3v) is 4.30. The van der Waals surface area contributed by atoms with Crippen LogP contribution in [0.15, 0.2) is 84.9 Å². The molecule has 1 amide bonds. The summed E-state index contributed by atoms with van der Waals surface area (Å²) in [5.74, 6) is -0.0319. The van der Waals surface area contributed by atoms with Crippen LogP contribution >= 0.6 is 15.9 Å². The van der Waals surface area contributed by atoms with Crippen LogP contribution in [-0.2, 0) is 0 Å². The third-order valence-electron chi connectivity index (χ3n) is 3.94. The highest BCUT2D eigenvalue weighted by atomic mass is 79.9. The van der Waals surface area contributed by atoms with Crippen LogP contribution in [0.4, 0.5) is 5.69 Å². The van der Waals surface area contributed by atoms with Gasteiger partial charge in [0, 0.05) is 23.1 Å². The molecule has 0 atom stereocenters. The molecule has 0 unspecified atom stereocenters. The summed E-state index contributed by atoms with van der Waals surface area (Å²) in [6, 6.07) is 24.9. The van der Waals surface area contributed by atoms with E-state index in [0.717, 1.165) is 5.69 Å². The van der Waals surface area contributed by atoms with Crippen molar-refractivity contribution in [2.75, 3.05) is 16.8 Å². The van der Waals surface area contributed by atoms with Gasteiger partial charge in [-0.15, -0.1) is 0 Å². The van der Waals surface area contributed by atoms with E-state index in [1.165, 1.54) is 0 Å². The number of nitrogens with zero attached hydrogens (tertiary/aromatic N) is 1. The van der Waals surface area contributed by atoms with Gasteiger partial charge < -0.3 is 9.64 Å². The summed E-state index contributed by atoms with van der Waals surface area (Å²) in [4.78, 5) is 26.8. The summed E-state index contributed by atoms with van der Waals surface area (Å²) in [6.07, 6.45) is 0. The smallest absolute Gasteiger partial charge is 0.343 e. The van der Waals surface area contributed by atoms with Gasteiger partial charge in [-0.3, -0.25) is 4.79 Å². The van der Waals surface area contributed by atoms with Crippen LogP contribution in [0.1, 0.15) is 20.7 Å². The van der Waals surface area contributed by atoms with Gasteiger partial charge in [-0.1, -0.05) is 52.3 Å². The SMILES string of the molecule is O=C(Oc1ccccc1)c1ccc(N(CCBr)C(=O)c2ccccc2)cc1. The Morgan fingerprint density at radius 3 is 1.96 bits per heavy atom. The van der Waals surface area contributed by atoms with E-state index in [1.54, 1.807) is 65.6 Å². The molecule has 0 spiro atoms. The number of amides is 1. The predicted molar refractivity (Wildman–Crippen MR) is 110 cm³/mol. The highest BCUT2D eigenvalue weighted by Crippen LogP contribution is 2.20. The minimum absolute atomic E-state index is 0.0883. The highest BCUT2D eigenvalue weighted by molar-refractivity contribution is 9.09. The fourth-order valence-electron chi connectivity index (χ4n) is 2.60. The van der Waals surface area contributed by atoms with E-state index in [1.807, 2.05) is 24.3 Å². The van der Waals surface area contributed by atoms with Crippen molar-refractivity contribution < 1.29 is 14.3 Å². The molecule has 0 aromatic heterocycles. The number of anilines is 1. The molecule has 0 saturated heterocycles. The fourth-order valence-corrected chi connectivity index (χ4v) is 2.96. The molecule has 0 aliphatic rings. The second-order valence-corrected chi connectivity index (χ2v) is 6.55. The lowest BCUT2D eigenvalue weighted by Crippen LogP contribution is -2.32. The molecule has 0 fully saturated rings. The Kier molecular flexibility index (Phi) is 6.39. The minimum atomic E-state index is -0.436. The first-order valence-corrected chi connectivity index (χ1v) is 9.61. The number of hydrogen-bond donors (Lipinski definition) is 0. The van der Waals surface area contributed by atoms with Crippen molar-refractivity contribution in [1.29, 1.82) is 0 Å². The molecular formula is C22H18BrNO3. The van der Waals surface area contributed by atoms with Crippen molar-refractivity contribution in [3.63, 3.8) is 0 Å². The van der Waals surface area contributed by atoms with Crippen molar-refractivity contribution >= 4 is 33.5 Å². The normalized spacial score (nSPS) is 10.3. The second kappa shape index (κ2) is 9.14. The molecule has 0 bridgehead atoms. The van der Waals surface area contributed by atoms with Gasteiger partial charge in [-0.05, 0) is 48.5 Å². The topological polar surface area (TPSA) is 46.6 Å². The molecule has 4 nitrogen and oxygen atoms in total. The van der Waals surface area contributed by atoms with Crippen LogP contribution in [0, 0.1) is 0 Å². The van der Waals surface area contributed by atoms with Gasteiger partial charge in [0.05, 0.1) is 5.56 Å². The van der Waals surface area contributed by atoms with Gasteiger partial charge in [0.2, 0.25) is 0 Å². The van der Waals surface area contributed by atoms with Crippen LogP contribution in [0.5, 0.6) is 5.75 Å². The molecule has 0 N–H and O–H groups in total. The third kappa shape index (κ3) is 4.83. The Labute approximate surface area is 166 Å². The minimum Gasteiger partial charge on any atom is -0.423 e. The number of ether oxygens (including phenoxy) is 1. The van der Waals surface area contributed by atoms with E-state index in [-0.39, 0.29) is 5.91 Å². The number of carbonyl (C=O) groups excluding carboxylic acids is 2. The van der Waals surface area contributed by atoms with Crippen molar-refractivity contribution in [1.82, 2.24) is 0 Å². The van der Waals surface area contributed by atoms with E-state index >= 15 is 0 Å². The highest BCUT2D eigenvalue weighted by Gasteiger charge is 2.18. The number of halogens is 1. The van der Waals surface area contributed by atoms with Crippen LogP contribution in [0.2, 0.25) is 0 Å². The summed E-state index contributed by atoms with van der Waals surface area (Å²) in [7, 11) is 0. The summed E-state index contributed by atoms with van der Waals surface area (Å²) in [5.41, 5.74) is 1.76. The van der Waals surface area contributed by atoms with E-state index in [2.05, 4.69) is 15.9 Å². The first kappa shape index (κ1) is 18.9. The number of esters is 1. The largest absolute Gasteiger partial charge is 0.423 e. The van der Waals surface area contributed by atoms with Gasteiger partial charge in [0.15, 0.2) is 0 Å². The Bertz CT molecular complexity index is 896. The molecule has 27 heavy (non-hydrogen) atoms. The number of carbonyl (C=O) groups is 2. The monoisotopic (exact) mass is 423 g/mol. The maximum atomic E-state index is 12.8. The predicted octanol–water partition coefficient (Wildman–Crippen LogP) is 4.95. The lowest BCUT2D eigenvalue weighted by molar-refractivity contribution is 0.0734. The molecular weight excluding hydrogens is 406 g/mol. The molecule has 0 heterocycles. The van der Waals surface area contributed by atoms with Crippen LogP contribution in [-0.4, -0.2) is 23.8 Å². The molecule has 3 rings (SSSR count). The van der Waals surface area contributed by atoms with Crippen molar-refractivity contribution in [2.24, 2.45) is 0 Å². The summed E-state index contributed by atoms with van der Waals surface area (Å²) in [6.45, 7) is 0.515. The first-order valence-electron chi connectivity index (χ1n) is 8.49. The van der Waals surface area contributed by atoms with Gasteiger partial charge in [0.25, 0.3) is 5.91 Å². The van der Waals surface area contributed by atoms with Gasteiger partial charge in [-0.25, -0.2) is 4.79 Å². The van der Waals surface area contributed by atoms with Crippen molar-refractivity contribution in [3.8, 4) is 5.75 Å². The Hall–Kier alpha value is -2.92. The molecule has 3 aromatic rings. The molecule has 0 aliphatic carbocycles. The lowest BCUT2D eigenvalue weighted by atomic mass is 10.1. The van der Waals surface area contributed by atoms with Crippen LogP contribution in [0.3, 0.4) is 0 Å². The van der Waals surface area contributed by atoms with Crippen LogP contribution < -0.4 is 9.64 Å². The Balaban J connectivity index is 1.77. The number of benzene rings is 3. The number of hydrogen-bond acceptors (Lipinski definition) is 3. The number of alkyl halides is 1. The quantitative estimate of drug-likeness (QED) is 0.320. The average Bonchev–Trinajstić information content (AvgIpc) is 2.73. The first-order chi connectivity index (χ1) is 13.2. The fraction of sp³-hybridized carbons (Fsp3) is 0.0909. The summed E-state index contributed by atoms with van der Waals surface area (Å²) in [5, 5.41) is 0.642. The zero-order valence-corrected chi connectivity index (χ0v) is 16.1. The van der Waals surface area contributed by atoms with Crippen molar-refractivity contribution in [2.45, 2.75) is 0 Å². The van der Waals surface area contributed by atoms with Crippen LogP contribution in [0.25, 0.3) is 0 Å². The molecule has 136 valence electrons. The maximum Gasteiger partial charge on any atom is 0.343 e. The van der Waals surface area contributed by atoms with Crippen molar-refractivity contribution in [3.05, 3.63) is 96.1 Å². The summed E-state index contributed by atoms with van der Waals surface area (Å²) >= 11 is 3.39. The number of rotatable bonds is 6. The average molecular weight is 424 g/mol. The van der Waals surface area contributed by atoms with E-state index in [9.17, 15) is 9.59 Å². The Morgan fingerprint density at radius 1 is 0.778 bits per heavy atom. The maximum absolute atomic E-state index is 12.8. The standard InChI is InChI=1S/C22H18BrNO3/c23-15-16-24(21(25)17-7-3-1-4-8-17)19-13-11-18(12-14-19)22(26)27-20-9-5-2-6-10-20/h1-14H,15-16H2. The Morgan fingerprint density at radius 2 is 1.37 bits per heavy atom. The van der Waals surface area contributed by atoms with E-state index in [0.29, 0.717) is 28.8 Å². The van der Waals surface area contributed by atoms with Gasteiger partial charge in [-0.2, -0.15) is 0 Å². The summed E-state index contributed by atoms with van der Waals surface area (Å²) < 4.78 is 5.34. The zero-order chi connectivity index (χ0) is 19.1. The molecule has 0 saturated carbocycles. The molecule has 5 heteroatoms. The second-order valence-electron chi connectivity index (χ2n) is 5.76. The van der Waals surface area contributed by atoms with Gasteiger partial charge in [0.1, 0.15) is 5.75 Å². The molecule has 0 radical (unpaired) electrons. The molecule has 3 aromatic carbocycles. The van der Waals surface area contributed by atoms with E-state index < -0.39 is 5.97 Å². The lowest BCUT2D eigenvalue weighted by Gasteiger charge is -2.22. The molecule has 0 aliphatic heterocycles. The van der Waals surface area contributed by atoms with E-state index in [4.69, 9.17) is 4.74 Å². The van der Waals surface area contributed by atoms with Gasteiger partial charge >= 0.3 is 5.97 Å². The number of para-hydroxylation sites is 1. The zero-order valence-electron chi connectivity index (χ0n) is 14.5.